The number of nitrogens with one attached hydrogen (secondary N) is 1. The first kappa shape index (κ1) is 23.3. The van der Waals surface area contributed by atoms with E-state index >= 15 is 0 Å². The fraction of sp³-hybridized carbons (Fsp3) is 0.391. The second kappa shape index (κ2) is 11.9. The van der Waals surface area contributed by atoms with E-state index in [1.807, 2.05) is 50.2 Å². The highest BCUT2D eigenvalue weighted by Gasteiger charge is 2.26. The molecular weight excluding hydrogens is 404 g/mol. The number of carbonyl (C=O) groups is 2. The first-order chi connectivity index (χ1) is 13.9. The molecule has 0 radical (unpaired) electrons. The Labute approximate surface area is 183 Å². The van der Waals surface area contributed by atoms with Gasteiger partial charge in [-0.05, 0) is 44.0 Å². The smallest absolute Gasteiger partial charge is 0.242 e. The van der Waals surface area contributed by atoms with Gasteiger partial charge < -0.3 is 10.2 Å². The summed E-state index contributed by atoms with van der Waals surface area (Å²) in [6.07, 6.45) is 0.386. The minimum absolute atomic E-state index is 0.0227. The lowest BCUT2D eigenvalue weighted by Gasteiger charge is -2.29. The Morgan fingerprint density at radius 2 is 1.72 bits per heavy atom. The molecule has 0 bridgehead atoms. The molecule has 0 fully saturated rings. The molecule has 2 aromatic carbocycles. The average molecular weight is 433 g/mol. The minimum Gasteiger partial charge on any atom is -0.352 e. The van der Waals surface area contributed by atoms with Crippen LogP contribution in [0.3, 0.4) is 0 Å². The monoisotopic (exact) mass is 432 g/mol. The second-order valence-electron chi connectivity index (χ2n) is 7.28. The van der Waals surface area contributed by atoms with Crippen LogP contribution in [0, 0.1) is 0 Å². The Morgan fingerprint density at radius 3 is 2.38 bits per heavy atom. The maximum atomic E-state index is 13.0. The van der Waals surface area contributed by atoms with Crippen molar-refractivity contribution < 1.29 is 9.59 Å². The molecule has 2 aromatic rings. The van der Waals surface area contributed by atoms with Crippen molar-refractivity contribution >= 4 is 35.2 Å². The molecule has 4 nitrogen and oxygen atoms in total. The standard InChI is InChI=1S/C23H29ClN2O2S/c1-17(2)25-23(28)18(3)26(15-20-10-7-11-21(24)14-20)22(27)12-13-29-16-19-8-5-4-6-9-19/h4-11,14,17-18H,12-13,15-16H2,1-3H3,(H,25,28). The first-order valence-corrected chi connectivity index (χ1v) is 11.4. The van der Waals surface area contributed by atoms with E-state index in [-0.39, 0.29) is 17.9 Å². The highest BCUT2D eigenvalue weighted by molar-refractivity contribution is 7.98. The SMILES string of the molecule is CC(C)NC(=O)C(C)N(Cc1cccc(Cl)c1)C(=O)CCSCc1ccccc1. The second-order valence-corrected chi connectivity index (χ2v) is 8.82. The molecule has 0 spiro atoms. The summed E-state index contributed by atoms with van der Waals surface area (Å²) in [6, 6.07) is 17.1. The van der Waals surface area contributed by atoms with Crippen LogP contribution in [0.4, 0.5) is 0 Å². The van der Waals surface area contributed by atoms with Gasteiger partial charge in [0.15, 0.2) is 0 Å². The van der Waals surface area contributed by atoms with Crippen molar-refractivity contribution in [3.63, 3.8) is 0 Å². The van der Waals surface area contributed by atoms with Crippen LogP contribution >= 0.6 is 23.4 Å². The van der Waals surface area contributed by atoms with E-state index in [4.69, 9.17) is 11.6 Å². The highest BCUT2D eigenvalue weighted by Crippen LogP contribution is 2.18. The summed E-state index contributed by atoms with van der Waals surface area (Å²) in [4.78, 5) is 27.2. The van der Waals surface area contributed by atoms with Crippen LogP contribution in [0.5, 0.6) is 0 Å². The normalized spacial score (nSPS) is 11.9. The van der Waals surface area contributed by atoms with Crippen molar-refractivity contribution in [1.29, 1.82) is 0 Å². The van der Waals surface area contributed by atoms with Gasteiger partial charge in [0.25, 0.3) is 0 Å². The number of carbonyl (C=O) groups excluding carboxylic acids is 2. The molecule has 1 N–H and O–H groups in total. The summed E-state index contributed by atoms with van der Waals surface area (Å²) in [5.41, 5.74) is 2.15. The Kier molecular flexibility index (Phi) is 9.55. The van der Waals surface area contributed by atoms with Crippen LogP contribution in [0.25, 0.3) is 0 Å². The third kappa shape index (κ3) is 8.11. The van der Waals surface area contributed by atoms with Crippen molar-refractivity contribution in [2.24, 2.45) is 0 Å². The van der Waals surface area contributed by atoms with Crippen LogP contribution in [0.1, 0.15) is 38.3 Å². The van der Waals surface area contributed by atoms with Gasteiger partial charge in [0, 0.05) is 35.5 Å². The zero-order chi connectivity index (χ0) is 21.2. The van der Waals surface area contributed by atoms with Gasteiger partial charge in [-0.2, -0.15) is 11.8 Å². The molecule has 2 amide bonds. The summed E-state index contributed by atoms with van der Waals surface area (Å²) in [5, 5.41) is 3.52. The van der Waals surface area contributed by atoms with Crippen LogP contribution in [-0.2, 0) is 21.9 Å². The van der Waals surface area contributed by atoms with Crippen LogP contribution < -0.4 is 5.32 Å². The number of thioether (sulfide) groups is 1. The molecule has 0 saturated heterocycles. The van der Waals surface area contributed by atoms with Crippen molar-refractivity contribution in [2.45, 2.75) is 51.6 Å². The summed E-state index contributed by atoms with van der Waals surface area (Å²) in [6.45, 7) is 5.95. The molecule has 0 saturated carbocycles. The fourth-order valence-corrected chi connectivity index (χ4v) is 3.99. The zero-order valence-electron chi connectivity index (χ0n) is 17.2. The lowest BCUT2D eigenvalue weighted by atomic mass is 10.1. The number of halogens is 1. The maximum Gasteiger partial charge on any atom is 0.242 e. The third-order valence-electron chi connectivity index (χ3n) is 4.41. The molecule has 1 unspecified atom stereocenters. The number of hydrogen-bond acceptors (Lipinski definition) is 3. The summed E-state index contributed by atoms with van der Waals surface area (Å²) in [5.74, 6) is 1.40. The van der Waals surface area contributed by atoms with E-state index in [0.29, 0.717) is 23.7 Å². The Balaban J connectivity index is 2.00. The van der Waals surface area contributed by atoms with Crippen molar-refractivity contribution in [3.05, 3.63) is 70.7 Å². The predicted molar refractivity (Wildman–Crippen MR) is 122 cm³/mol. The van der Waals surface area contributed by atoms with Crippen molar-refractivity contribution in [1.82, 2.24) is 10.2 Å². The molecule has 0 aliphatic heterocycles. The molecule has 0 aliphatic rings. The van der Waals surface area contributed by atoms with Crippen LogP contribution in [0.15, 0.2) is 54.6 Å². The van der Waals surface area contributed by atoms with Gasteiger partial charge in [0.05, 0.1) is 0 Å². The quantitative estimate of drug-likeness (QED) is 0.543. The van der Waals surface area contributed by atoms with Gasteiger partial charge in [0.1, 0.15) is 6.04 Å². The minimum atomic E-state index is -0.553. The Bertz CT molecular complexity index is 798. The van der Waals surface area contributed by atoms with Gasteiger partial charge in [0.2, 0.25) is 11.8 Å². The van der Waals surface area contributed by atoms with E-state index in [9.17, 15) is 9.59 Å². The van der Waals surface area contributed by atoms with Crippen LogP contribution in [0.2, 0.25) is 5.02 Å². The van der Waals surface area contributed by atoms with Crippen molar-refractivity contribution in [2.75, 3.05) is 5.75 Å². The molecule has 156 valence electrons. The average Bonchev–Trinajstić information content (AvgIpc) is 2.69. The summed E-state index contributed by atoms with van der Waals surface area (Å²) >= 11 is 7.82. The molecule has 2 rings (SSSR count). The lowest BCUT2D eigenvalue weighted by molar-refractivity contribution is -0.140. The van der Waals surface area contributed by atoms with Crippen molar-refractivity contribution in [3.8, 4) is 0 Å². The van der Waals surface area contributed by atoms with E-state index in [1.165, 1.54) is 5.56 Å². The number of nitrogens with zero attached hydrogens (tertiary/aromatic N) is 1. The van der Waals surface area contributed by atoms with Gasteiger partial charge in [-0.1, -0.05) is 54.1 Å². The van der Waals surface area contributed by atoms with E-state index in [0.717, 1.165) is 11.3 Å². The highest BCUT2D eigenvalue weighted by atomic mass is 35.5. The third-order valence-corrected chi connectivity index (χ3v) is 5.68. The Hall–Kier alpha value is -1.98. The lowest BCUT2D eigenvalue weighted by Crippen LogP contribution is -2.49. The first-order valence-electron chi connectivity index (χ1n) is 9.82. The molecular formula is C23H29ClN2O2S. The molecule has 0 aliphatic carbocycles. The largest absolute Gasteiger partial charge is 0.352 e. The molecule has 6 heteroatoms. The van der Waals surface area contributed by atoms with Gasteiger partial charge >= 0.3 is 0 Å². The maximum absolute atomic E-state index is 13.0. The van der Waals surface area contributed by atoms with E-state index in [1.54, 1.807) is 29.7 Å². The van der Waals surface area contributed by atoms with Crippen LogP contribution in [-0.4, -0.2) is 34.6 Å². The number of amides is 2. The topological polar surface area (TPSA) is 49.4 Å². The fourth-order valence-electron chi connectivity index (χ4n) is 2.89. The Morgan fingerprint density at radius 1 is 1.03 bits per heavy atom. The zero-order valence-corrected chi connectivity index (χ0v) is 18.8. The molecule has 0 heterocycles. The summed E-state index contributed by atoms with van der Waals surface area (Å²) < 4.78 is 0. The van der Waals surface area contributed by atoms with Gasteiger partial charge in [-0.25, -0.2) is 0 Å². The number of hydrogen-bond donors (Lipinski definition) is 1. The van der Waals surface area contributed by atoms with Gasteiger partial charge in [-0.15, -0.1) is 0 Å². The number of benzene rings is 2. The molecule has 1 atom stereocenters. The van der Waals surface area contributed by atoms with Gasteiger partial charge in [-0.3, -0.25) is 9.59 Å². The van der Waals surface area contributed by atoms with E-state index in [2.05, 4.69) is 17.4 Å². The molecule has 29 heavy (non-hydrogen) atoms. The van der Waals surface area contributed by atoms with E-state index < -0.39 is 6.04 Å². The predicted octanol–water partition coefficient (Wildman–Crippen LogP) is 4.91. The molecule has 0 aromatic heterocycles. The summed E-state index contributed by atoms with van der Waals surface area (Å²) in [7, 11) is 0. The number of rotatable bonds is 10.